The Morgan fingerprint density at radius 3 is 2.73 bits per heavy atom. The highest BCUT2D eigenvalue weighted by molar-refractivity contribution is 5.40. The van der Waals surface area contributed by atoms with Crippen LogP contribution in [0.4, 0.5) is 5.69 Å². The highest BCUT2D eigenvalue weighted by Gasteiger charge is 2.14. The molecule has 15 heavy (non-hydrogen) atoms. The summed E-state index contributed by atoms with van der Waals surface area (Å²) in [5.41, 5.74) is 6.76. The third-order valence-electron chi connectivity index (χ3n) is 2.33. The van der Waals surface area contributed by atoms with Crippen molar-refractivity contribution in [3.63, 3.8) is 0 Å². The molecule has 0 aromatic heterocycles. The highest BCUT2D eigenvalue weighted by atomic mass is 16.6. The molecule has 1 rings (SSSR count). The van der Waals surface area contributed by atoms with Crippen LogP contribution in [0.15, 0.2) is 24.3 Å². The third-order valence-corrected chi connectivity index (χ3v) is 2.33. The third kappa shape index (κ3) is 3.32. The van der Waals surface area contributed by atoms with E-state index < -0.39 is 0 Å². The molecular formula is C11H16N2O2. The van der Waals surface area contributed by atoms with Crippen molar-refractivity contribution in [3.8, 4) is 0 Å². The van der Waals surface area contributed by atoms with Crippen LogP contribution in [0.25, 0.3) is 0 Å². The number of nitro groups is 1. The quantitative estimate of drug-likeness (QED) is 0.596. The molecule has 1 aromatic rings. The number of hydrogen-bond donors (Lipinski definition) is 1. The SMILES string of the molecule is CCCC(N)Cc1ccccc1[N+](=O)[O-]. The molecule has 0 saturated carbocycles. The van der Waals surface area contributed by atoms with Gasteiger partial charge in [-0.2, -0.15) is 0 Å². The number of nitrogens with two attached hydrogens (primary N) is 1. The molecule has 0 fully saturated rings. The second-order valence-electron chi connectivity index (χ2n) is 3.64. The maximum Gasteiger partial charge on any atom is 0.272 e. The van der Waals surface area contributed by atoms with Crippen LogP contribution < -0.4 is 5.73 Å². The Morgan fingerprint density at radius 1 is 1.47 bits per heavy atom. The minimum atomic E-state index is -0.353. The first kappa shape index (κ1) is 11.7. The molecule has 4 heteroatoms. The van der Waals surface area contributed by atoms with Crippen molar-refractivity contribution in [2.75, 3.05) is 0 Å². The Bertz CT molecular complexity index is 339. The zero-order valence-corrected chi connectivity index (χ0v) is 8.85. The van der Waals surface area contributed by atoms with Gasteiger partial charge in [0.2, 0.25) is 0 Å². The molecule has 0 heterocycles. The van der Waals surface area contributed by atoms with Crippen molar-refractivity contribution in [3.05, 3.63) is 39.9 Å². The lowest BCUT2D eigenvalue weighted by molar-refractivity contribution is -0.385. The Morgan fingerprint density at radius 2 is 2.13 bits per heavy atom. The van der Waals surface area contributed by atoms with Gasteiger partial charge in [0.15, 0.2) is 0 Å². The summed E-state index contributed by atoms with van der Waals surface area (Å²) in [5.74, 6) is 0. The van der Waals surface area contributed by atoms with Gasteiger partial charge in [-0.25, -0.2) is 0 Å². The van der Waals surface area contributed by atoms with E-state index >= 15 is 0 Å². The second kappa shape index (κ2) is 5.46. The highest BCUT2D eigenvalue weighted by Crippen LogP contribution is 2.19. The molecule has 0 aliphatic carbocycles. The van der Waals surface area contributed by atoms with Gasteiger partial charge in [0.05, 0.1) is 4.92 Å². The monoisotopic (exact) mass is 208 g/mol. The van der Waals surface area contributed by atoms with Crippen LogP contribution in [-0.2, 0) is 6.42 Å². The van der Waals surface area contributed by atoms with E-state index in [2.05, 4.69) is 6.92 Å². The number of para-hydroxylation sites is 1. The number of rotatable bonds is 5. The zero-order chi connectivity index (χ0) is 11.3. The molecular weight excluding hydrogens is 192 g/mol. The van der Waals surface area contributed by atoms with Crippen LogP contribution in [0, 0.1) is 10.1 Å². The van der Waals surface area contributed by atoms with E-state index in [0.29, 0.717) is 6.42 Å². The van der Waals surface area contributed by atoms with Gasteiger partial charge in [0.1, 0.15) is 0 Å². The molecule has 0 aliphatic heterocycles. The average Bonchev–Trinajstić information content (AvgIpc) is 2.18. The summed E-state index contributed by atoms with van der Waals surface area (Å²) >= 11 is 0. The molecule has 4 nitrogen and oxygen atoms in total. The predicted molar refractivity (Wildman–Crippen MR) is 59.7 cm³/mol. The summed E-state index contributed by atoms with van der Waals surface area (Å²) < 4.78 is 0. The van der Waals surface area contributed by atoms with E-state index in [1.54, 1.807) is 18.2 Å². The molecule has 1 unspecified atom stereocenters. The summed E-state index contributed by atoms with van der Waals surface area (Å²) in [5, 5.41) is 10.7. The van der Waals surface area contributed by atoms with Gasteiger partial charge in [-0.15, -0.1) is 0 Å². The maximum atomic E-state index is 10.7. The Hall–Kier alpha value is -1.42. The van der Waals surface area contributed by atoms with Crippen molar-refractivity contribution < 1.29 is 4.92 Å². The number of hydrogen-bond acceptors (Lipinski definition) is 3. The van der Waals surface area contributed by atoms with E-state index in [1.165, 1.54) is 6.07 Å². The summed E-state index contributed by atoms with van der Waals surface area (Å²) in [6.07, 6.45) is 2.47. The smallest absolute Gasteiger partial charge is 0.272 e. The first-order valence-electron chi connectivity index (χ1n) is 5.13. The molecule has 1 atom stereocenters. The minimum Gasteiger partial charge on any atom is -0.327 e. The number of nitrogens with zero attached hydrogens (tertiary/aromatic N) is 1. The molecule has 0 bridgehead atoms. The van der Waals surface area contributed by atoms with Gasteiger partial charge in [0.25, 0.3) is 5.69 Å². The van der Waals surface area contributed by atoms with E-state index in [-0.39, 0.29) is 16.7 Å². The Balaban J connectivity index is 2.79. The lowest BCUT2D eigenvalue weighted by atomic mass is 10.0. The molecule has 1 aromatic carbocycles. The standard InChI is InChI=1S/C11H16N2O2/c1-2-5-10(12)8-9-6-3-4-7-11(9)13(14)15/h3-4,6-7,10H,2,5,8,12H2,1H3. The van der Waals surface area contributed by atoms with Crippen molar-refractivity contribution in [2.24, 2.45) is 5.73 Å². The minimum absolute atomic E-state index is 0.0103. The molecule has 0 amide bonds. The van der Waals surface area contributed by atoms with E-state index in [1.807, 2.05) is 0 Å². The summed E-state index contributed by atoms with van der Waals surface area (Å²) in [4.78, 5) is 10.4. The van der Waals surface area contributed by atoms with Crippen LogP contribution in [0.2, 0.25) is 0 Å². The number of nitro benzene ring substituents is 1. The van der Waals surface area contributed by atoms with E-state index in [4.69, 9.17) is 5.73 Å². The van der Waals surface area contributed by atoms with Crippen molar-refractivity contribution >= 4 is 5.69 Å². The fourth-order valence-electron chi connectivity index (χ4n) is 1.62. The molecule has 82 valence electrons. The maximum absolute atomic E-state index is 10.7. The first-order chi connectivity index (χ1) is 7.15. The van der Waals surface area contributed by atoms with Crippen LogP contribution in [0.5, 0.6) is 0 Å². The Labute approximate surface area is 89.2 Å². The summed E-state index contributed by atoms with van der Waals surface area (Å²) in [7, 11) is 0. The van der Waals surface area contributed by atoms with Crippen LogP contribution in [-0.4, -0.2) is 11.0 Å². The molecule has 0 aliphatic rings. The van der Waals surface area contributed by atoms with Crippen LogP contribution in [0.3, 0.4) is 0 Å². The van der Waals surface area contributed by atoms with Crippen LogP contribution in [0.1, 0.15) is 25.3 Å². The molecule has 2 N–H and O–H groups in total. The molecule has 0 saturated heterocycles. The first-order valence-corrected chi connectivity index (χ1v) is 5.13. The largest absolute Gasteiger partial charge is 0.327 e. The topological polar surface area (TPSA) is 69.2 Å². The normalized spacial score (nSPS) is 12.4. The van der Waals surface area contributed by atoms with Gasteiger partial charge in [-0.1, -0.05) is 31.5 Å². The fraction of sp³-hybridized carbons (Fsp3) is 0.455. The van der Waals surface area contributed by atoms with Crippen molar-refractivity contribution in [1.29, 1.82) is 0 Å². The van der Waals surface area contributed by atoms with E-state index in [9.17, 15) is 10.1 Å². The zero-order valence-electron chi connectivity index (χ0n) is 8.85. The lowest BCUT2D eigenvalue weighted by Crippen LogP contribution is -2.22. The average molecular weight is 208 g/mol. The van der Waals surface area contributed by atoms with Gasteiger partial charge in [-0.3, -0.25) is 10.1 Å². The van der Waals surface area contributed by atoms with E-state index in [0.717, 1.165) is 18.4 Å². The van der Waals surface area contributed by atoms with Gasteiger partial charge < -0.3 is 5.73 Å². The molecule has 0 radical (unpaired) electrons. The predicted octanol–water partition coefficient (Wildman–Crippen LogP) is 2.26. The summed E-state index contributed by atoms with van der Waals surface area (Å²) in [6, 6.07) is 6.78. The van der Waals surface area contributed by atoms with Gasteiger partial charge in [-0.05, 0) is 12.8 Å². The fourth-order valence-corrected chi connectivity index (χ4v) is 1.62. The van der Waals surface area contributed by atoms with Crippen LogP contribution >= 0.6 is 0 Å². The summed E-state index contributed by atoms with van der Waals surface area (Å²) in [6.45, 7) is 2.05. The number of benzene rings is 1. The lowest BCUT2D eigenvalue weighted by Gasteiger charge is -2.09. The Kier molecular flexibility index (Phi) is 4.24. The van der Waals surface area contributed by atoms with Gasteiger partial charge >= 0.3 is 0 Å². The van der Waals surface area contributed by atoms with Crippen molar-refractivity contribution in [2.45, 2.75) is 32.2 Å². The van der Waals surface area contributed by atoms with Crippen molar-refractivity contribution in [1.82, 2.24) is 0 Å². The van der Waals surface area contributed by atoms with Gasteiger partial charge in [0, 0.05) is 17.7 Å². The molecule has 0 spiro atoms. The second-order valence-corrected chi connectivity index (χ2v) is 3.64.